The van der Waals surface area contributed by atoms with Crippen LogP contribution in [0.1, 0.15) is 27.1 Å². The molecule has 1 saturated heterocycles. The van der Waals surface area contributed by atoms with Crippen molar-refractivity contribution in [3.63, 3.8) is 0 Å². The third kappa shape index (κ3) is 2.91. The van der Waals surface area contributed by atoms with Crippen LogP contribution in [0.5, 0.6) is 0 Å². The molecule has 1 fully saturated rings. The van der Waals surface area contributed by atoms with Crippen molar-refractivity contribution < 1.29 is 14.4 Å². The van der Waals surface area contributed by atoms with Gasteiger partial charge in [0.15, 0.2) is 0 Å². The van der Waals surface area contributed by atoms with E-state index in [1.54, 1.807) is 18.2 Å². The zero-order valence-corrected chi connectivity index (χ0v) is 13.5. The standard InChI is InChI=1S/C15H16BrN3O3/c16-10-1-2-11-12(5-10)15(22)19(14(11)21)4-3-13(20)18-8-9-6-17-7-9/h1-2,5,9,17H,3-4,6-8H2,(H,18,20). The smallest absolute Gasteiger partial charge is 0.261 e. The van der Waals surface area contributed by atoms with Crippen molar-refractivity contribution >= 4 is 33.7 Å². The molecule has 0 atom stereocenters. The molecule has 116 valence electrons. The molecule has 0 aliphatic carbocycles. The third-order valence-corrected chi connectivity index (χ3v) is 4.44. The van der Waals surface area contributed by atoms with E-state index in [0.29, 0.717) is 23.6 Å². The van der Waals surface area contributed by atoms with Gasteiger partial charge in [-0.1, -0.05) is 15.9 Å². The number of hydrogen-bond acceptors (Lipinski definition) is 4. The molecule has 2 aliphatic rings. The van der Waals surface area contributed by atoms with Crippen molar-refractivity contribution in [2.45, 2.75) is 6.42 Å². The van der Waals surface area contributed by atoms with E-state index >= 15 is 0 Å². The number of carbonyl (C=O) groups excluding carboxylic acids is 3. The fourth-order valence-electron chi connectivity index (χ4n) is 2.52. The van der Waals surface area contributed by atoms with Crippen LogP contribution in [-0.2, 0) is 4.79 Å². The molecule has 2 heterocycles. The monoisotopic (exact) mass is 365 g/mol. The van der Waals surface area contributed by atoms with E-state index in [0.717, 1.165) is 22.5 Å². The van der Waals surface area contributed by atoms with Gasteiger partial charge < -0.3 is 10.6 Å². The maximum Gasteiger partial charge on any atom is 0.261 e. The topological polar surface area (TPSA) is 78.5 Å². The van der Waals surface area contributed by atoms with Gasteiger partial charge in [0.1, 0.15) is 0 Å². The maximum absolute atomic E-state index is 12.2. The second kappa shape index (κ2) is 6.18. The molecule has 3 rings (SSSR count). The number of nitrogens with zero attached hydrogens (tertiary/aromatic N) is 1. The van der Waals surface area contributed by atoms with Gasteiger partial charge in [0, 0.05) is 43.0 Å². The van der Waals surface area contributed by atoms with Crippen LogP contribution in [0.25, 0.3) is 0 Å². The van der Waals surface area contributed by atoms with Crippen LogP contribution in [0.4, 0.5) is 0 Å². The van der Waals surface area contributed by atoms with Gasteiger partial charge in [-0.25, -0.2) is 0 Å². The molecule has 0 aromatic heterocycles. The van der Waals surface area contributed by atoms with Gasteiger partial charge in [-0.3, -0.25) is 19.3 Å². The Labute approximate surface area is 136 Å². The first-order valence-corrected chi connectivity index (χ1v) is 7.98. The number of fused-ring (bicyclic) bond motifs is 1. The minimum atomic E-state index is -0.336. The summed E-state index contributed by atoms with van der Waals surface area (Å²) in [7, 11) is 0. The SMILES string of the molecule is O=C(CCN1C(=O)c2ccc(Br)cc2C1=O)NCC1CNC1. The number of carbonyl (C=O) groups is 3. The highest BCUT2D eigenvalue weighted by atomic mass is 79.9. The number of amides is 3. The van der Waals surface area contributed by atoms with Crippen LogP contribution in [0.3, 0.4) is 0 Å². The van der Waals surface area contributed by atoms with Crippen molar-refractivity contribution in [3.8, 4) is 0 Å². The number of benzene rings is 1. The molecule has 0 bridgehead atoms. The van der Waals surface area contributed by atoms with Crippen molar-refractivity contribution in [1.29, 1.82) is 0 Å². The van der Waals surface area contributed by atoms with Crippen molar-refractivity contribution in [2.24, 2.45) is 5.92 Å². The van der Waals surface area contributed by atoms with Crippen molar-refractivity contribution in [3.05, 3.63) is 33.8 Å². The summed E-state index contributed by atoms with van der Waals surface area (Å²) in [5.41, 5.74) is 0.787. The quantitative estimate of drug-likeness (QED) is 0.755. The van der Waals surface area contributed by atoms with Crippen LogP contribution < -0.4 is 10.6 Å². The van der Waals surface area contributed by atoms with Gasteiger partial charge in [0.25, 0.3) is 11.8 Å². The lowest BCUT2D eigenvalue weighted by molar-refractivity contribution is -0.121. The summed E-state index contributed by atoms with van der Waals surface area (Å²) in [5.74, 6) is -0.314. The maximum atomic E-state index is 12.2. The predicted octanol–water partition coefficient (Wildman–Crippen LogP) is 0.771. The van der Waals surface area contributed by atoms with Gasteiger partial charge in [0.2, 0.25) is 5.91 Å². The first kappa shape index (κ1) is 15.2. The van der Waals surface area contributed by atoms with Crippen LogP contribution >= 0.6 is 15.9 Å². The molecular formula is C15H16BrN3O3. The summed E-state index contributed by atoms with van der Waals surface area (Å²) in [4.78, 5) is 37.4. The van der Waals surface area contributed by atoms with Crippen LogP contribution in [0, 0.1) is 5.92 Å². The Kier molecular flexibility index (Phi) is 4.26. The van der Waals surface area contributed by atoms with Gasteiger partial charge in [-0.05, 0) is 18.2 Å². The molecule has 2 aliphatic heterocycles. The Bertz CT molecular complexity index is 643. The average Bonchev–Trinajstić information content (AvgIpc) is 2.67. The number of imide groups is 1. The lowest BCUT2D eigenvalue weighted by Gasteiger charge is -2.27. The minimum Gasteiger partial charge on any atom is -0.356 e. The Morgan fingerprint density at radius 2 is 2.00 bits per heavy atom. The van der Waals surface area contributed by atoms with E-state index in [9.17, 15) is 14.4 Å². The Balaban J connectivity index is 1.56. The lowest BCUT2D eigenvalue weighted by atomic mass is 10.0. The van der Waals surface area contributed by atoms with Crippen molar-refractivity contribution in [1.82, 2.24) is 15.5 Å². The van der Waals surface area contributed by atoms with Crippen molar-refractivity contribution in [2.75, 3.05) is 26.2 Å². The largest absolute Gasteiger partial charge is 0.356 e. The molecule has 22 heavy (non-hydrogen) atoms. The minimum absolute atomic E-state index is 0.110. The number of halogens is 1. The molecule has 1 aromatic rings. The lowest BCUT2D eigenvalue weighted by Crippen LogP contribution is -2.48. The van der Waals surface area contributed by atoms with Crippen LogP contribution in [0.15, 0.2) is 22.7 Å². The summed E-state index contributed by atoms with van der Waals surface area (Å²) < 4.78 is 0.751. The second-order valence-electron chi connectivity index (χ2n) is 5.53. The molecule has 0 radical (unpaired) electrons. The zero-order chi connectivity index (χ0) is 15.7. The Morgan fingerprint density at radius 1 is 1.27 bits per heavy atom. The van der Waals surface area contributed by atoms with Crippen LogP contribution in [0.2, 0.25) is 0 Å². The molecular weight excluding hydrogens is 350 g/mol. The first-order valence-electron chi connectivity index (χ1n) is 7.19. The second-order valence-corrected chi connectivity index (χ2v) is 6.45. The van der Waals surface area contributed by atoms with E-state index in [2.05, 4.69) is 26.6 Å². The molecule has 0 unspecified atom stereocenters. The first-order chi connectivity index (χ1) is 10.6. The molecule has 3 amide bonds. The molecule has 7 heteroatoms. The van der Waals surface area contributed by atoms with Gasteiger partial charge in [-0.15, -0.1) is 0 Å². The summed E-state index contributed by atoms with van der Waals surface area (Å²) in [6, 6.07) is 5.00. The normalized spacial score (nSPS) is 17.4. The molecule has 1 aromatic carbocycles. The highest BCUT2D eigenvalue weighted by molar-refractivity contribution is 9.10. The summed E-state index contributed by atoms with van der Waals surface area (Å²) in [5, 5.41) is 5.97. The average molecular weight is 366 g/mol. The number of rotatable bonds is 5. The fraction of sp³-hybridized carbons (Fsp3) is 0.400. The predicted molar refractivity (Wildman–Crippen MR) is 83.5 cm³/mol. The van der Waals surface area contributed by atoms with Gasteiger partial charge >= 0.3 is 0 Å². The molecule has 6 nitrogen and oxygen atoms in total. The molecule has 0 saturated carbocycles. The summed E-state index contributed by atoms with van der Waals surface area (Å²) in [6.07, 6.45) is 0.132. The fourth-order valence-corrected chi connectivity index (χ4v) is 2.88. The van der Waals surface area contributed by atoms with E-state index in [-0.39, 0.29) is 30.7 Å². The van der Waals surface area contributed by atoms with Gasteiger partial charge in [-0.2, -0.15) is 0 Å². The van der Waals surface area contributed by atoms with E-state index in [1.807, 2.05) is 0 Å². The highest BCUT2D eigenvalue weighted by Crippen LogP contribution is 2.26. The summed E-state index contributed by atoms with van der Waals surface area (Å²) >= 11 is 3.29. The Morgan fingerprint density at radius 3 is 2.68 bits per heavy atom. The Hall–Kier alpha value is -1.73. The van der Waals surface area contributed by atoms with Crippen LogP contribution in [-0.4, -0.2) is 48.8 Å². The molecule has 0 spiro atoms. The van der Waals surface area contributed by atoms with Gasteiger partial charge in [0.05, 0.1) is 11.1 Å². The zero-order valence-electron chi connectivity index (χ0n) is 11.9. The number of nitrogens with one attached hydrogen (secondary N) is 2. The summed E-state index contributed by atoms with van der Waals surface area (Å²) in [6.45, 7) is 2.60. The highest BCUT2D eigenvalue weighted by Gasteiger charge is 2.35. The molecule has 2 N–H and O–H groups in total. The third-order valence-electron chi connectivity index (χ3n) is 3.95. The van der Waals surface area contributed by atoms with E-state index in [1.165, 1.54) is 0 Å². The van der Waals surface area contributed by atoms with E-state index < -0.39 is 0 Å². The number of hydrogen-bond donors (Lipinski definition) is 2. The van der Waals surface area contributed by atoms with E-state index in [4.69, 9.17) is 0 Å².